The molecule has 3 aromatic rings. The van der Waals surface area contributed by atoms with Crippen LogP contribution in [0.4, 0.5) is 5.69 Å². The fraction of sp³-hybridized carbons (Fsp3) is 0.167. The molecule has 26 heavy (non-hydrogen) atoms. The van der Waals surface area contributed by atoms with Gasteiger partial charge in [-0.3, -0.25) is 0 Å². The van der Waals surface area contributed by atoms with Crippen LogP contribution in [-0.4, -0.2) is 0 Å². The zero-order valence-corrected chi connectivity index (χ0v) is 15.2. The van der Waals surface area contributed by atoms with Gasteiger partial charge in [0.05, 0.1) is 6.04 Å². The predicted molar refractivity (Wildman–Crippen MR) is 110 cm³/mol. The summed E-state index contributed by atoms with van der Waals surface area (Å²) in [7, 11) is 0. The molecule has 0 saturated carbocycles. The average molecular weight is 358 g/mol. The number of hydrogen-bond acceptors (Lipinski definition) is 1. The minimum absolute atomic E-state index is 0.322. The quantitative estimate of drug-likeness (QED) is 0.495. The molecular weight excluding hydrogens is 338 g/mol. The lowest BCUT2D eigenvalue weighted by atomic mass is 9.76. The molecule has 0 fully saturated rings. The molecule has 128 valence electrons. The van der Waals surface area contributed by atoms with Crippen molar-refractivity contribution in [3.05, 3.63) is 101 Å². The Bertz CT molecular complexity index is 959. The van der Waals surface area contributed by atoms with Gasteiger partial charge in [0.2, 0.25) is 0 Å². The molecule has 0 radical (unpaired) electrons. The van der Waals surface area contributed by atoms with Crippen LogP contribution < -0.4 is 5.32 Å². The lowest BCUT2D eigenvalue weighted by molar-refractivity contribution is 0.425. The van der Waals surface area contributed by atoms with Crippen LogP contribution in [0.1, 0.15) is 29.5 Å². The van der Waals surface area contributed by atoms with E-state index in [9.17, 15) is 0 Å². The first-order valence-corrected chi connectivity index (χ1v) is 9.55. The summed E-state index contributed by atoms with van der Waals surface area (Å²) in [6, 6.07) is 26.0. The van der Waals surface area contributed by atoms with Gasteiger partial charge in [-0.15, -0.1) is 0 Å². The van der Waals surface area contributed by atoms with E-state index < -0.39 is 0 Å². The Labute approximate surface area is 159 Å². The normalized spacial score (nSPS) is 23.2. The summed E-state index contributed by atoms with van der Waals surface area (Å²) in [6.07, 6.45) is 5.84. The fourth-order valence-electron chi connectivity index (χ4n) is 4.40. The van der Waals surface area contributed by atoms with E-state index in [2.05, 4.69) is 78.1 Å². The summed E-state index contributed by atoms with van der Waals surface area (Å²) in [5.74, 6) is 1.02. The number of allylic oxidation sites excluding steroid dienone is 2. The summed E-state index contributed by atoms with van der Waals surface area (Å²) in [5, 5.41) is 4.59. The van der Waals surface area contributed by atoms with Crippen molar-refractivity contribution in [1.82, 2.24) is 0 Å². The number of benzene rings is 3. The van der Waals surface area contributed by atoms with E-state index in [4.69, 9.17) is 11.6 Å². The van der Waals surface area contributed by atoms with E-state index in [1.807, 2.05) is 12.1 Å². The second kappa shape index (κ2) is 6.34. The molecule has 0 spiro atoms. The van der Waals surface area contributed by atoms with E-state index >= 15 is 0 Å². The van der Waals surface area contributed by atoms with Crippen LogP contribution in [0.2, 0.25) is 5.02 Å². The Morgan fingerprint density at radius 3 is 2.46 bits per heavy atom. The van der Waals surface area contributed by atoms with E-state index in [-0.39, 0.29) is 0 Å². The molecule has 0 saturated heterocycles. The molecule has 3 atom stereocenters. The minimum atomic E-state index is 0.322. The van der Waals surface area contributed by atoms with Crippen LogP contribution in [0.25, 0.3) is 11.1 Å². The highest BCUT2D eigenvalue weighted by Gasteiger charge is 2.37. The zero-order chi connectivity index (χ0) is 17.5. The number of rotatable bonds is 2. The third kappa shape index (κ3) is 2.64. The SMILES string of the molecule is Clc1ccc([C@H]2Nc3ccc(-c4ccccc4)cc3C3C=CCC32)cc1. The lowest BCUT2D eigenvalue weighted by Gasteiger charge is -2.37. The van der Waals surface area contributed by atoms with E-state index in [0.717, 1.165) is 11.4 Å². The van der Waals surface area contributed by atoms with Gasteiger partial charge in [0.15, 0.2) is 0 Å². The third-order valence-electron chi connectivity index (χ3n) is 5.70. The highest BCUT2D eigenvalue weighted by atomic mass is 35.5. The van der Waals surface area contributed by atoms with Gasteiger partial charge in [-0.25, -0.2) is 0 Å². The van der Waals surface area contributed by atoms with Crippen LogP contribution in [0.5, 0.6) is 0 Å². The van der Waals surface area contributed by atoms with Gasteiger partial charge in [0.1, 0.15) is 0 Å². The van der Waals surface area contributed by atoms with Crippen LogP contribution in [-0.2, 0) is 0 Å². The van der Waals surface area contributed by atoms with Crippen molar-refractivity contribution in [2.75, 3.05) is 5.32 Å². The van der Waals surface area contributed by atoms with Crippen molar-refractivity contribution >= 4 is 17.3 Å². The van der Waals surface area contributed by atoms with Gasteiger partial charge in [-0.2, -0.15) is 0 Å². The van der Waals surface area contributed by atoms with Crippen molar-refractivity contribution in [3.8, 4) is 11.1 Å². The van der Waals surface area contributed by atoms with Crippen LogP contribution in [0.3, 0.4) is 0 Å². The largest absolute Gasteiger partial charge is 0.378 e. The average Bonchev–Trinajstić information content (AvgIpc) is 3.19. The number of fused-ring (bicyclic) bond motifs is 3. The lowest BCUT2D eigenvalue weighted by Crippen LogP contribution is -2.29. The smallest absolute Gasteiger partial charge is 0.0553 e. The van der Waals surface area contributed by atoms with Gasteiger partial charge in [0, 0.05) is 16.6 Å². The summed E-state index contributed by atoms with van der Waals surface area (Å²) >= 11 is 6.09. The third-order valence-corrected chi connectivity index (χ3v) is 5.95. The van der Waals surface area contributed by atoms with Crippen molar-refractivity contribution in [2.24, 2.45) is 5.92 Å². The molecule has 0 bridgehead atoms. The van der Waals surface area contributed by atoms with Gasteiger partial charge in [0.25, 0.3) is 0 Å². The standard InChI is InChI=1S/C24H20ClN/c25-19-12-9-17(10-13-19)24-21-8-4-7-20(21)22-15-18(11-14-23(22)26-24)16-5-2-1-3-6-16/h1-7,9-15,20-21,24,26H,8H2/t20?,21?,24-/m1/s1. The van der Waals surface area contributed by atoms with Crippen molar-refractivity contribution in [3.63, 3.8) is 0 Å². The molecule has 0 amide bonds. The molecule has 0 aromatic heterocycles. The fourth-order valence-corrected chi connectivity index (χ4v) is 4.53. The molecule has 1 nitrogen and oxygen atoms in total. The second-order valence-corrected chi connectivity index (χ2v) is 7.63. The number of hydrogen-bond donors (Lipinski definition) is 1. The maximum absolute atomic E-state index is 6.09. The molecule has 1 aliphatic carbocycles. The van der Waals surface area contributed by atoms with E-state index in [1.165, 1.54) is 27.9 Å². The zero-order valence-electron chi connectivity index (χ0n) is 14.4. The summed E-state index contributed by atoms with van der Waals surface area (Å²) < 4.78 is 0. The van der Waals surface area contributed by atoms with Gasteiger partial charge < -0.3 is 5.32 Å². The van der Waals surface area contributed by atoms with Gasteiger partial charge >= 0.3 is 0 Å². The molecule has 3 aromatic carbocycles. The Morgan fingerprint density at radius 2 is 1.65 bits per heavy atom. The Hall–Kier alpha value is -2.51. The van der Waals surface area contributed by atoms with Crippen LogP contribution in [0.15, 0.2) is 84.9 Å². The first-order valence-electron chi connectivity index (χ1n) is 9.17. The Balaban J connectivity index is 1.56. The van der Waals surface area contributed by atoms with E-state index in [1.54, 1.807) is 0 Å². The maximum Gasteiger partial charge on any atom is 0.0553 e. The molecule has 1 N–H and O–H groups in total. The van der Waals surface area contributed by atoms with Crippen molar-refractivity contribution < 1.29 is 0 Å². The van der Waals surface area contributed by atoms with Crippen LogP contribution in [0, 0.1) is 5.92 Å². The second-order valence-electron chi connectivity index (χ2n) is 7.20. The Morgan fingerprint density at radius 1 is 0.846 bits per heavy atom. The van der Waals surface area contributed by atoms with E-state index in [0.29, 0.717) is 17.9 Å². The predicted octanol–water partition coefficient (Wildman–Crippen LogP) is 6.83. The summed E-state index contributed by atoms with van der Waals surface area (Å²) in [4.78, 5) is 0. The monoisotopic (exact) mass is 357 g/mol. The van der Waals surface area contributed by atoms with Crippen molar-refractivity contribution in [1.29, 1.82) is 0 Å². The van der Waals surface area contributed by atoms with Crippen LogP contribution >= 0.6 is 11.6 Å². The molecule has 1 heterocycles. The number of anilines is 1. The maximum atomic E-state index is 6.09. The molecule has 1 aliphatic heterocycles. The van der Waals surface area contributed by atoms with Crippen molar-refractivity contribution in [2.45, 2.75) is 18.4 Å². The summed E-state index contributed by atoms with van der Waals surface area (Å²) in [5.41, 5.74) is 6.53. The molecule has 5 rings (SSSR count). The Kier molecular flexibility index (Phi) is 3.83. The van der Waals surface area contributed by atoms with Gasteiger partial charge in [-0.05, 0) is 58.9 Å². The number of halogens is 1. The minimum Gasteiger partial charge on any atom is -0.378 e. The summed E-state index contributed by atoms with van der Waals surface area (Å²) in [6.45, 7) is 0. The molecule has 2 unspecified atom stereocenters. The molecular formula is C24H20ClN. The first kappa shape index (κ1) is 15.7. The molecule has 2 aliphatic rings. The molecule has 2 heteroatoms. The van der Waals surface area contributed by atoms with Gasteiger partial charge in [-0.1, -0.05) is 72.3 Å². The topological polar surface area (TPSA) is 12.0 Å². The highest BCUT2D eigenvalue weighted by Crippen LogP contribution is 2.50. The number of nitrogens with one attached hydrogen (secondary N) is 1. The first-order chi connectivity index (χ1) is 12.8. The highest BCUT2D eigenvalue weighted by molar-refractivity contribution is 6.30.